The van der Waals surface area contributed by atoms with Gasteiger partial charge in [-0.3, -0.25) is 19.4 Å². The highest BCUT2D eigenvalue weighted by Crippen LogP contribution is 2.30. The van der Waals surface area contributed by atoms with Crippen LogP contribution in [-0.4, -0.2) is 56.7 Å². The van der Waals surface area contributed by atoms with Crippen LogP contribution in [0.5, 0.6) is 0 Å². The Hall–Kier alpha value is -3.62. The molecular formula is C28H26FN5OS. The molecule has 0 N–H and O–H groups in total. The predicted molar refractivity (Wildman–Crippen MR) is 141 cm³/mol. The first-order valence-electron chi connectivity index (χ1n) is 12.1. The SMILES string of the molecule is Cc1nn(Cc2ccc(F)cc2)c2sc(C(=O)N3CCN(Cc4cccc5cccnc45)CC3)cc12. The molecule has 0 unspecified atom stereocenters. The molecule has 36 heavy (non-hydrogen) atoms. The van der Waals surface area contributed by atoms with Crippen LogP contribution in [0.2, 0.25) is 0 Å². The van der Waals surface area contributed by atoms with Gasteiger partial charge in [0.2, 0.25) is 0 Å². The lowest BCUT2D eigenvalue weighted by Gasteiger charge is -2.34. The van der Waals surface area contributed by atoms with E-state index in [2.05, 4.69) is 39.2 Å². The number of pyridine rings is 1. The van der Waals surface area contributed by atoms with E-state index in [9.17, 15) is 9.18 Å². The smallest absolute Gasteiger partial charge is 0.264 e. The zero-order valence-corrected chi connectivity index (χ0v) is 20.8. The fourth-order valence-corrected chi connectivity index (χ4v) is 6.02. The van der Waals surface area contributed by atoms with Crippen LogP contribution in [0.3, 0.4) is 0 Å². The van der Waals surface area contributed by atoms with Crippen molar-refractivity contribution < 1.29 is 9.18 Å². The third kappa shape index (κ3) is 4.38. The number of halogens is 1. The molecule has 0 aliphatic carbocycles. The van der Waals surface area contributed by atoms with E-state index in [1.807, 2.05) is 34.8 Å². The number of rotatable bonds is 5. The fourth-order valence-electron chi connectivity index (χ4n) is 4.89. The molecular weight excluding hydrogens is 473 g/mol. The number of carbonyl (C=O) groups is 1. The quantitative estimate of drug-likeness (QED) is 0.338. The number of carbonyl (C=O) groups excluding carboxylic acids is 1. The molecule has 1 fully saturated rings. The van der Waals surface area contributed by atoms with Crippen molar-refractivity contribution in [1.82, 2.24) is 24.6 Å². The van der Waals surface area contributed by atoms with E-state index < -0.39 is 0 Å². The molecule has 1 saturated heterocycles. The highest BCUT2D eigenvalue weighted by atomic mass is 32.1. The van der Waals surface area contributed by atoms with Crippen LogP contribution < -0.4 is 0 Å². The second-order valence-electron chi connectivity index (χ2n) is 9.26. The third-order valence-electron chi connectivity index (χ3n) is 6.83. The summed E-state index contributed by atoms with van der Waals surface area (Å²) in [6.07, 6.45) is 1.84. The van der Waals surface area contributed by atoms with Crippen LogP contribution in [0.25, 0.3) is 21.1 Å². The van der Waals surface area contributed by atoms with E-state index in [0.717, 1.165) is 56.9 Å². The standard InChI is InChI=1S/C28H26FN5OS/c1-19-24-16-25(36-28(24)34(31-19)17-20-7-9-23(29)10-8-20)27(35)33-14-12-32(13-15-33)18-22-5-2-4-21-6-3-11-30-26(21)22/h2-11,16H,12-15,17-18H2,1H3. The van der Waals surface area contributed by atoms with Crippen LogP contribution in [0, 0.1) is 12.7 Å². The van der Waals surface area contributed by atoms with Gasteiger partial charge in [0.1, 0.15) is 10.6 Å². The number of benzene rings is 2. The van der Waals surface area contributed by atoms with Gasteiger partial charge in [-0.15, -0.1) is 11.3 Å². The van der Waals surface area contributed by atoms with Crippen molar-refractivity contribution in [2.45, 2.75) is 20.0 Å². The molecule has 0 saturated carbocycles. The Morgan fingerprint density at radius 1 is 1.00 bits per heavy atom. The van der Waals surface area contributed by atoms with Gasteiger partial charge >= 0.3 is 0 Å². The molecule has 0 spiro atoms. The number of hydrogen-bond donors (Lipinski definition) is 0. The Balaban J connectivity index is 1.14. The first kappa shape index (κ1) is 22.8. The van der Waals surface area contributed by atoms with Gasteiger partial charge in [-0.2, -0.15) is 5.10 Å². The van der Waals surface area contributed by atoms with Crippen molar-refractivity contribution in [3.63, 3.8) is 0 Å². The number of fused-ring (bicyclic) bond motifs is 2. The van der Waals surface area contributed by atoms with Crippen molar-refractivity contribution >= 4 is 38.4 Å². The number of aryl methyl sites for hydroxylation is 1. The van der Waals surface area contributed by atoms with Crippen LogP contribution >= 0.6 is 11.3 Å². The molecule has 2 aromatic carbocycles. The van der Waals surface area contributed by atoms with E-state index in [-0.39, 0.29) is 11.7 Å². The first-order valence-corrected chi connectivity index (χ1v) is 12.9. The zero-order valence-electron chi connectivity index (χ0n) is 20.0. The largest absolute Gasteiger partial charge is 0.335 e. The number of aromatic nitrogens is 3. The van der Waals surface area contributed by atoms with E-state index in [4.69, 9.17) is 0 Å². The molecule has 3 aromatic heterocycles. The van der Waals surface area contributed by atoms with Gasteiger partial charge in [0.25, 0.3) is 5.91 Å². The van der Waals surface area contributed by atoms with Gasteiger partial charge in [0.15, 0.2) is 0 Å². The summed E-state index contributed by atoms with van der Waals surface area (Å²) < 4.78 is 15.2. The molecule has 0 atom stereocenters. The molecule has 0 bridgehead atoms. The maximum atomic E-state index is 13.4. The minimum atomic E-state index is -0.251. The van der Waals surface area contributed by atoms with Crippen LogP contribution in [0.15, 0.2) is 66.9 Å². The molecule has 5 aromatic rings. The molecule has 6 nitrogen and oxygen atoms in total. The molecule has 182 valence electrons. The second kappa shape index (κ2) is 9.44. The molecule has 0 radical (unpaired) electrons. The summed E-state index contributed by atoms with van der Waals surface area (Å²) in [6.45, 7) is 6.40. The average molecular weight is 500 g/mol. The van der Waals surface area contributed by atoms with Crippen LogP contribution in [-0.2, 0) is 13.1 Å². The van der Waals surface area contributed by atoms with Crippen molar-refractivity contribution in [2.75, 3.05) is 26.2 Å². The Bertz CT molecular complexity index is 1540. The number of amides is 1. The fraction of sp³-hybridized carbons (Fsp3) is 0.250. The zero-order chi connectivity index (χ0) is 24.6. The van der Waals surface area contributed by atoms with Gasteiger partial charge in [-0.25, -0.2) is 4.39 Å². The minimum absolute atomic E-state index is 0.0791. The average Bonchev–Trinajstić information content (AvgIpc) is 3.47. The lowest BCUT2D eigenvalue weighted by atomic mass is 10.1. The van der Waals surface area contributed by atoms with Gasteiger partial charge < -0.3 is 4.90 Å². The van der Waals surface area contributed by atoms with E-state index in [1.54, 1.807) is 12.1 Å². The van der Waals surface area contributed by atoms with Crippen molar-refractivity contribution in [3.05, 3.63) is 94.4 Å². The molecule has 8 heteroatoms. The predicted octanol–water partition coefficient (Wildman–Crippen LogP) is 5.10. The maximum absolute atomic E-state index is 13.4. The van der Waals surface area contributed by atoms with Crippen LogP contribution in [0.1, 0.15) is 26.5 Å². The van der Waals surface area contributed by atoms with E-state index >= 15 is 0 Å². The summed E-state index contributed by atoms with van der Waals surface area (Å²) in [5, 5.41) is 6.81. The summed E-state index contributed by atoms with van der Waals surface area (Å²) in [7, 11) is 0. The Morgan fingerprint density at radius 2 is 1.78 bits per heavy atom. The van der Waals surface area contributed by atoms with E-state index in [1.165, 1.54) is 29.0 Å². The van der Waals surface area contributed by atoms with Crippen LogP contribution in [0.4, 0.5) is 4.39 Å². The third-order valence-corrected chi connectivity index (χ3v) is 7.97. The number of para-hydroxylation sites is 1. The first-order chi connectivity index (χ1) is 17.5. The summed E-state index contributed by atoms with van der Waals surface area (Å²) in [6, 6.07) is 18.8. The molecule has 6 rings (SSSR count). The highest BCUT2D eigenvalue weighted by molar-refractivity contribution is 7.20. The summed E-state index contributed by atoms with van der Waals surface area (Å²) >= 11 is 1.49. The lowest BCUT2D eigenvalue weighted by molar-refractivity contribution is 0.0633. The Kier molecular flexibility index (Phi) is 5.99. The van der Waals surface area contributed by atoms with Crippen molar-refractivity contribution in [3.8, 4) is 0 Å². The molecule has 1 aliphatic rings. The number of thiophene rings is 1. The monoisotopic (exact) mass is 499 g/mol. The summed E-state index contributed by atoms with van der Waals surface area (Å²) in [5.41, 5.74) is 4.14. The molecule has 4 heterocycles. The van der Waals surface area contributed by atoms with Gasteiger partial charge in [-0.05, 0) is 42.3 Å². The molecule has 1 amide bonds. The van der Waals surface area contributed by atoms with Gasteiger partial charge in [0.05, 0.1) is 22.6 Å². The number of hydrogen-bond acceptors (Lipinski definition) is 5. The topological polar surface area (TPSA) is 54.3 Å². The Morgan fingerprint density at radius 3 is 2.58 bits per heavy atom. The number of nitrogens with zero attached hydrogens (tertiary/aromatic N) is 5. The van der Waals surface area contributed by atoms with Gasteiger partial charge in [0, 0.05) is 49.7 Å². The second-order valence-corrected chi connectivity index (χ2v) is 10.3. The van der Waals surface area contributed by atoms with Crippen molar-refractivity contribution in [1.29, 1.82) is 0 Å². The van der Waals surface area contributed by atoms with E-state index in [0.29, 0.717) is 19.6 Å². The maximum Gasteiger partial charge on any atom is 0.264 e. The van der Waals surface area contributed by atoms with Gasteiger partial charge in [-0.1, -0.05) is 36.4 Å². The summed E-state index contributed by atoms with van der Waals surface area (Å²) in [4.78, 5) is 24.0. The number of piperazine rings is 1. The lowest BCUT2D eigenvalue weighted by Crippen LogP contribution is -2.48. The normalized spacial score (nSPS) is 14.7. The molecule has 1 aliphatic heterocycles. The van der Waals surface area contributed by atoms with Crippen molar-refractivity contribution in [2.24, 2.45) is 0 Å². The summed E-state index contributed by atoms with van der Waals surface area (Å²) in [5.74, 6) is -0.172. The minimum Gasteiger partial charge on any atom is -0.335 e. The highest BCUT2D eigenvalue weighted by Gasteiger charge is 2.25. The Labute approximate surface area is 212 Å².